The van der Waals surface area contributed by atoms with E-state index in [9.17, 15) is 4.79 Å². The van der Waals surface area contributed by atoms with Gasteiger partial charge < -0.3 is 4.90 Å². The molecule has 82 valence electrons. The molecule has 0 saturated carbocycles. The summed E-state index contributed by atoms with van der Waals surface area (Å²) in [7, 11) is 0. The Balaban J connectivity index is 2.11. The van der Waals surface area contributed by atoms with Crippen LogP contribution in [0.15, 0.2) is 43.0 Å². The molecule has 0 N–H and O–H groups in total. The first-order chi connectivity index (χ1) is 7.70. The van der Waals surface area contributed by atoms with Gasteiger partial charge in [-0.3, -0.25) is 4.79 Å². The summed E-state index contributed by atoms with van der Waals surface area (Å²) in [5, 5.41) is 0. The van der Waals surface area contributed by atoms with Crippen LogP contribution in [0.2, 0.25) is 0 Å². The molecule has 0 unspecified atom stereocenters. The van der Waals surface area contributed by atoms with Gasteiger partial charge in [0.1, 0.15) is 0 Å². The summed E-state index contributed by atoms with van der Waals surface area (Å²) in [5.74, 6) is -0.00152. The minimum absolute atomic E-state index is 0.00152. The molecule has 0 aliphatic carbocycles. The first-order valence-corrected chi connectivity index (χ1v) is 5.38. The van der Waals surface area contributed by atoms with Gasteiger partial charge in [-0.1, -0.05) is 42.5 Å². The molecule has 0 radical (unpaired) electrons. The lowest BCUT2D eigenvalue weighted by atomic mass is 10.1. The number of hydrogen-bond donors (Lipinski definition) is 0. The van der Waals surface area contributed by atoms with Gasteiger partial charge in [0, 0.05) is 13.1 Å². The van der Waals surface area contributed by atoms with E-state index in [-0.39, 0.29) is 5.91 Å². The van der Waals surface area contributed by atoms with Crippen molar-refractivity contribution in [3.63, 3.8) is 0 Å². The van der Waals surface area contributed by atoms with E-state index in [1.165, 1.54) is 22.8 Å². The van der Waals surface area contributed by atoms with Crippen LogP contribution in [-0.2, 0) is 4.79 Å². The molecule has 16 heavy (non-hydrogen) atoms. The van der Waals surface area contributed by atoms with E-state index < -0.39 is 0 Å². The maximum Gasteiger partial charge on any atom is 0.246 e. The Morgan fingerprint density at radius 1 is 1.38 bits per heavy atom. The first kappa shape index (κ1) is 10.7. The van der Waals surface area contributed by atoms with Crippen LogP contribution in [0, 0.1) is 6.92 Å². The van der Waals surface area contributed by atoms with E-state index in [0.29, 0.717) is 13.1 Å². The normalized spacial score (nSPS) is 14.8. The highest BCUT2D eigenvalue weighted by Crippen LogP contribution is 2.21. The number of hydrogen-bond acceptors (Lipinski definition) is 1. The molecule has 1 aliphatic heterocycles. The Morgan fingerprint density at radius 2 is 2.06 bits per heavy atom. The molecule has 2 rings (SSSR count). The van der Waals surface area contributed by atoms with Gasteiger partial charge in [0.15, 0.2) is 0 Å². The molecule has 1 aliphatic rings. The SMILES string of the molecule is C=CC(=O)N1CC=C(c2ccc(C)cc2)C1. The van der Waals surface area contributed by atoms with Crippen LogP contribution < -0.4 is 0 Å². The minimum atomic E-state index is -0.00152. The zero-order valence-electron chi connectivity index (χ0n) is 9.44. The van der Waals surface area contributed by atoms with E-state index in [4.69, 9.17) is 0 Å². The van der Waals surface area contributed by atoms with E-state index in [0.717, 1.165) is 0 Å². The summed E-state index contributed by atoms with van der Waals surface area (Å²) >= 11 is 0. The van der Waals surface area contributed by atoms with E-state index >= 15 is 0 Å². The van der Waals surface area contributed by atoms with Crippen LogP contribution in [0.3, 0.4) is 0 Å². The van der Waals surface area contributed by atoms with E-state index in [1.807, 2.05) is 0 Å². The van der Waals surface area contributed by atoms with Crippen molar-refractivity contribution in [3.05, 3.63) is 54.1 Å². The molecule has 0 spiro atoms. The predicted molar refractivity (Wildman–Crippen MR) is 65.9 cm³/mol. The van der Waals surface area contributed by atoms with Crippen LogP contribution in [-0.4, -0.2) is 23.9 Å². The molecule has 0 bridgehead atoms. The highest BCUT2D eigenvalue weighted by atomic mass is 16.2. The van der Waals surface area contributed by atoms with Crippen molar-refractivity contribution in [2.24, 2.45) is 0 Å². The van der Waals surface area contributed by atoms with Crippen molar-refractivity contribution in [1.82, 2.24) is 4.90 Å². The van der Waals surface area contributed by atoms with Crippen LogP contribution in [0.25, 0.3) is 5.57 Å². The van der Waals surface area contributed by atoms with Gasteiger partial charge in [-0.05, 0) is 24.1 Å². The summed E-state index contributed by atoms with van der Waals surface area (Å²) in [6.45, 7) is 6.95. The van der Waals surface area contributed by atoms with Gasteiger partial charge >= 0.3 is 0 Å². The molecule has 0 aromatic heterocycles. The van der Waals surface area contributed by atoms with Crippen molar-refractivity contribution < 1.29 is 4.79 Å². The van der Waals surface area contributed by atoms with Crippen molar-refractivity contribution in [2.75, 3.05) is 13.1 Å². The lowest BCUT2D eigenvalue weighted by Gasteiger charge is -2.13. The van der Waals surface area contributed by atoms with E-state index in [2.05, 4.69) is 43.8 Å². The van der Waals surface area contributed by atoms with Gasteiger partial charge in [0.25, 0.3) is 0 Å². The monoisotopic (exact) mass is 213 g/mol. The Labute approximate surface area is 95.9 Å². The summed E-state index contributed by atoms with van der Waals surface area (Å²) < 4.78 is 0. The second kappa shape index (κ2) is 4.35. The number of carbonyl (C=O) groups is 1. The maximum atomic E-state index is 11.4. The van der Waals surface area contributed by atoms with Crippen molar-refractivity contribution in [3.8, 4) is 0 Å². The number of nitrogens with zero attached hydrogens (tertiary/aromatic N) is 1. The zero-order chi connectivity index (χ0) is 11.5. The largest absolute Gasteiger partial charge is 0.331 e. The maximum absolute atomic E-state index is 11.4. The molecule has 1 aromatic rings. The average Bonchev–Trinajstić information content (AvgIpc) is 2.78. The van der Waals surface area contributed by atoms with Crippen LogP contribution in [0.5, 0.6) is 0 Å². The second-order valence-corrected chi connectivity index (χ2v) is 4.02. The van der Waals surface area contributed by atoms with Crippen LogP contribution in [0.4, 0.5) is 0 Å². The molecule has 0 saturated heterocycles. The molecule has 2 nitrogen and oxygen atoms in total. The standard InChI is InChI=1S/C14H15NO/c1-3-14(16)15-9-8-13(10-15)12-6-4-11(2)5-7-12/h3-8H,1,9-10H2,2H3. The molecule has 1 heterocycles. The van der Waals surface area contributed by atoms with Crippen molar-refractivity contribution >= 4 is 11.5 Å². The molecule has 2 heteroatoms. The number of carbonyl (C=O) groups excluding carboxylic acids is 1. The number of aryl methyl sites for hydroxylation is 1. The van der Waals surface area contributed by atoms with Gasteiger partial charge in [-0.2, -0.15) is 0 Å². The van der Waals surface area contributed by atoms with Crippen molar-refractivity contribution in [1.29, 1.82) is 0 Å². The Bertz CT molecular complexity index is 442. The minimum Gasteiger partial charge on any atom is -0.331 e. The Hall–Kier alpha value is -1.83. The zero-order valence-corrected chi connectivity index (χ0v) is 9.44. The summed E-state index contributed by atoms with van der Waals surface area (Å²) in [6.07, 6.45) is 3.47. The fourth-order valence-corrected chi connectivity index (χ4v) is 1.83. The second-order valence-electron chi connectivity index (χ2n) is 4.02. The third kappa shape index (κ3) is 2.06. The van der Waals surface area contributed by atoms with Crippen LogP contribution in [0.1, 0.15) is 11.1 Å². The molecular weight excluding hydrogens is 198 g/mol. The topological polar surface area (TPSA) is 20.3 Å². The first-order valence-electron chi connectivity index (χ1n) is 5.38. The Kier molecular flexibility index (Phi) is 2.91. The number of rotatable bonds is 2. The van der Waals surface area contributed by atoms with Crippen molar-refractivity contribution in [2.45, 2.75) is 6.92 Å². The molecule has 1 amide bonds. The van der Waals surface area contributed by atoms with Crippen LogP contribution >= 0.6 is 0 Å². The quantitative estimate of drug-likeness (QED) is 0.691. The third-order valence-electron chi connectivity index (χ3n) is 2.83. The fourth-order valence-electron chi connectivity index (χ4n) is 1.83. The number of benzene rings is 1. The van der Waals surface area contributed by atoms with Gasteiger partial charge in [0.2, 0.25) is 5.91 Å². The number of amides is 1. The molecule has 1 aromatic carbocycles. The summed E-state index contributed by atoms with van der Waals surface area (Å²) in [4.78, 5) is 13.2. The smallest absolute Gasteiger partial charge is 0.246 e. The van der Waals surface area contributed by atoms with E-state index in [1.54, 1.807) is 4.90 Å². The molecule has 0 atom stereocenters. The lowest BCUT2D eigenvalue weighted by Crippen LogP contribution is -2.26. The molecule has 0 fully saturated rings. The fraction of sp³-hybridized carbons (Fsp3) is 0.214. The highest BCUT2D eigenvalue weighted by molar-refractivity contribution is 5.89. The summed E-state index contributed by atoms with van der Waals surface area (Å²) in [5.41, 5.74) is 3.67. The third-order valence-corrected chi connectivity index (χ3v) is 2.83. The Morgan fingerprint density at radius 3 is 2.69 bits per heavy atom. The average molecular weight is 213 g/mol. The summed E-state index contributed by atoms with van der Waals surface area (Å²) in [6, 6.07) is 8.38. The highest BCUT2D eigenvalue weighted by Gasteiger charge is 2.17. The molecular formula is C14H15NO. The predicted octanol–water partition coefficient (Wildman–Crippen LogP) is 2.41. The van der Waals surface area contributed by atoms with Gasteiger partial charge in [-0.15, -0.1) is 0 Å². The van der Waals surface area contributed by atoms with Gasteiger partial charge in [-0.25, -0.2) is 0 Å². The van der Waals surface area contributed by atoms with Gasteiger partial charge in [0.05, 0.1) is 0 Å². The lowest BCUT2D eigenvalue weighted by molar-refractivity contribution is -0.124.